The molecule has 2 N–H and O–H groups in total. The molecule has 1 aromatic heterocycles. The van der Waals surface area contributed by atoms with Crippen LogP contribution in [0.4, 0.5) is 4.79 Å². The van der Waals surface area contributed by atoms with Crippen LogP contribution in [0.25, 0.3) is 16.6 Å². The predicted molar refractivity (Wildman–Crippen MR) is 154 cm³/mol. The van der Waals surface area contributed by atoms with Gasteiger partial charge in [-0.2, -0.15) is 0 Å². The zero-order valence-electron chi connectivity index (χ0n) is 21.6. The van der Waals surface area contributed by atoms with Gasteiger partial charge in [-0.3, -0.25) is 9.59 Å². The maximum absolute atomic E-state index is 13.2. The summed E-state index contributed by atoms with van der Waals surface area (Å²) in [6.45, 7) is 1.33. The van der Waals surface area contributed by atoms with E-state index in [1.165, 1.54) is 0 Å². The normalized spacial score (nSPS) is 13.8. The van der Waals surface area contributed by atoms with E-state index in [-0.39, 0.29) is 30.0 Å². The van der Waals surface area contributed by atoms with Crippen molar-refractivity contribution in [1.29, 1.82) is 0 Å². The van der Waals surface area contributed by atoms with Gasteiger partial charge in [-0.1, -0.05) is 60.1 Å². The summed E-state index contributed by atoms with van der Waals surface area (Å²) in [6.07, 6.45) is 4.37. The standard InChI is InChI=1S/C31H31ClN4O3/c32-24-12-13-27-28(19-24)36(26-9-5-2-6-10-26)21-23(30(27)38)20-33-31(39)34-25-15-17-35(18-16-25)29(37)14-11-22-7-3-1-4-8-22/h1-10,12-13,19,21,25H,11,14-18,20H2,(H2,33,34,39). The number of nitrogens with zero attached hydrogens (tertiary/aromatic N) is 2. The number of carbonyl (C=O) groups excluding carboxylic acids is 2. The highest BCUT2D eigenvalue weighted by Crippen LogP contribution is 2.21. The Morgan fingerprint density at radius 1 is 0.923 bits per heavy atom. The number of amides is 3. The number of urea groups is 1. The minimum absolute atomic E-state index is 0.0251. The van der Waals surface area contributed by atoms with Gasteiger partial charge in [0, 0.05) is 60.0 Å². The molecule has 3 aromatic carbocycles. The van der Waals surface area contributed by atoms with E-state index in [9.17, 15) is 14.4 Å². The number of hydrogen-bond acceptors (Lipinski definition) is 3. The smallest absolute Gasteiger partial charge is 0.315 e. The highest BCUT2D eigenvalue weighted by atomic mass is 35.5. The molecule has 5 rings (SSSR count). The molecule has 39 heavy (non-hydrogen) atoms. The zero-order chi connectivity index (χ0) is 27.2. The van der Waals surface area contributed by atoms with Crippen LogP contribution in [0.5, 0.6) is 0 Å². The maximum atomic E-state index is 13.2. The second-order valence-corrected chi connectivity index (χ2v) is 10.3. The number of nitrogens with one attached hydrogen (secondary N) is 2. The van der Waals surface area contributed by atoms with Gasteiger partial charge in [0.05, 0.1) is 5.52 Å². The number of piperidine rings is 1. The summed E-state index contributed by atoms with van der Waals surface area (Å²) in [5.41, 5.74) is 3.08. The molecule has 1 fully saturated rings. The van der Waals surface area contributed by atoms with Crippen molar-refractivity contribution in [2.45, 2.75) is 38.3 Å². The molecule has 1 saturated heterocycles. The van der Waals surface area contributed by atoms with Crippen molar-refractivity contribution in [2.75, 3.05) is 13.1 Å². The first-order chi connectivity index (χ1) is 19.0. The van der Waals surface area contributed by atoms with Crippen LogP contribution in [0.2, 0.25) is 5.02 Å². The molecule has 0 radical (unpaired) electrons. The number of aromatic nitrogens is 1. The van der Waals surface area contributed by atoms with Crippen LogP contribution in [0, 0.1) is 0 Å². The van der Waals surface area contributed by atoms with E-state index >= 15 is 0 Å². The number of hydrogen-bond donors (Lipinski definition) is 2. The molecule has 0 spiro atoms. The molecule has 4 aromatic rings. The number of aryl methyl sites for hydroxylation is 1. The SMILES string of the molecule is O=C(NCc1cn(-c2ccccc2)c2cc(Cl)ccc2c1=O)NC1CCN(C(=O)CCc2ccccc2)CC1. The van der Waals surface area contributed by atoms with Gasteiger partial charge in [0.1, 0.15) is 0 Å². The number of pyridine rings is 1. The number of benzene rings is 3. The predicted octanol–water partition coefficient (Wildman–Crippen LogP) is 5.07. The summed E-state index contributed by atoms with van der Waals surface area (Å²) in [4.78, 5) is 40.4. The Hall–Kier alpha value is -4.10. The molecular formula is C31H31ClN4O3. The lowest BCUT2D eigenvalue weighted by atomic mass is 10.0. The average molecular weight is 543 g/mol. The number of likely N-dealkylation sites (tertiary alicyclic amines) is 1. The molecule has 1 aliphatic heterocycles. The molecule has 7 nitrogen and oxygen atoms in total. The van der Waals surface area contributed by atoms with Gasteiger partial charge < -0.3 is 20.1 Å². The highest BCUT2D eigenvalue weighted by molar-refractivity contribution is 6.31. The molecule has 0 unspecified atom stereocenters. The van der Waals surface area contributed by atoms with Crippen LogP contribution in [0.15, 0.2) is 89.9 Å². The minimum Gasteiger partial charge on any atom is -0.343 e. The second-order valence-electron chi connectivity index (χ2n) is 9.82. The molecule has 0 bridgehead atoms. The zero-order valence-corrected chi connectivity index (χ0v) is 22.4. The van der Waals surface area contributed by atoms with Gasteiger partial charge in [-0.25, -0.2) is 4.79 Å². The van der Waals surface area contributed by atoms with E-state index in [1.54, 1.807) is 24.4 Å². The Morgan fingerprint density at radius 2 is 1.62 bits per heavy atom. The van der Waals surface area contributed by atoms with E-state index < -0.39 is 0 Å². The van der Waals surface area contributed by atoms with Crippen LogP contribution >= 0.6 is 11.6 Å². The first kappa shape index (κ1) is 26.5. The third-order valence-corrected chi connectivity index (χ3v) is 7.40. The summed E-state index contributed by atoms with van der Waals surface area (Å²) >= 11 is 6.23. The summed E-state index contributed by atoms with van der Waals surface area (Å²) in [5, 5.41) is 6.92. The van der Waals surface area contributed by atoms with Gasteiger partial charge in [0.15, 0.2) is 5.43 Å². The van der Waals surface area contributed by atoms with E-state index in [2.05, 4.69) is 10.6 Å². The van der Waals surface area contributed by atoms with Crippen molar-refractivity contribution in [3.05, 3.63) is 111 Å². The van der Waals surface area contributed by atoms with E-state index in [1.807, 2.05) is 70.1 Å². The van der Waals surface area contributed by atoms with E-state index in [4.69, 9.17) is 11.6 Å². The fourth-order valence-electron chi connectivity index (χ4n) is 5.02. The molecule has 1 aliphatic rings. The molecule has 200 valence electrons. The third kappa shape index (κ3) is 6.49. The fraction of sp³-hybridized carbons (Fsp3) is 0.258. The summed E-state index contributed by atoms with van der Waals surface area (Å²) in [7, 11) is 0. The summed E-state index contributed by atoms with van der Waals surface area (Å²) in [5.74, 6) is 0.147. The van der Waals surface area contributed by atoms with Crippen LogP contribution in [-0.4, -0.2) is 40.5 Å². The third-order valence-electron chi connectivity index (χ3n) is 7.17. The van der Waals surface area contributed by atoms with Crippen molar-refractivity contribution in [3.63, 3.8) is 0 Å². The van der Waals surface area contributed by atoms with Gasteiger partial charge in [-0.15, -0.1) is 0 Å². The van der Waals surface area contributed by atoms with Crippen molar-refractivity contribution >= 4 is 34.4 Å². The van der Waals surface area contributed by atoms with Gasteiger partial charge in [0.25, 0.3) is 0 Å². The van der Waals surface area contributed by atoms with Gasteiger partial charge in [-0.05, 0) is 55.2 Å². The van der Waals surface area contributed by atoms with E-state index in [0.29, 0.717) is 53.8 Å². The number of para-hydroxylation sites is 1. The Kier molecular flexibility index (Phi) is 8.27. The van der Waals surface area contributed by atoms with Crippen molar-refractivity contribution in [2.24, 2.45) is 0 Å². The van der Waals surface area contributed by atoms with Crippen LogP contribution in [-0.2, 0) is 17.8 Å². The van der Waals surface area contributed by atoms with Gasteiger partial charge in [0.2, 0.25) is 5.91 Å². The fourth-order valence-corrected chi connectivity index (χ4v) is 5.19. The van der Waals surface area contributed by atoms with E-state index in [0.717, 1.165) is 17.7 Å². The second kappa shape index (κ2) is 12.2. The molecule has 2 heterocycles. The maximum Gasteiger partial charge on any atom is 0.315 e. The Bertz CT molecular complexity index is 1510. The number of rotatable bonds is 7. The van der Waals surface area contributed by atoms with Crippen molar-refractivity contribution in [3.8, 4) is 5.69 Å². The molecular weight excluding hydrogens is 512 g/mol. The Balaban J connectivity index is 1.17. The quantitative estimate of drug-likeness (QED) is 0.342. The van der Waals surface area contributed by atoms with Crippen LogP contribution in [0.3, 0.4) is 0 Å². The first-order valence-electron chi connectivity index (χ1n) is 13.2. The lowest BCUT2D eigenvalue weighted by molar-refractivity contribution is -0.132. The van der Waals surface area contributed by atoms with Crippen molar-refractivity contribution < 1.29 is 9.59 Å². The topological polar surface area (TPSA) is 83.4 Å². The van der Waals surface area contributed by atoms with Crippen LogP contribution < -0.4 is 16.1 Å². The Labute approximate surface area is 232 Å². The van der Waals surface area contributed by atoms with Crippen molar-refractivity contribution in [1.82, 2.24) is 20.1 Å². The molecule has 3 amide bonds. The van der Waals surface area contributed by atoms with Gasteiger partial charge >= 0.3 is 6.03 Å². The molecule has 0 saturated carbocycles. The molecule has 0 aliphatic carbocycles. The Morgan fingerprint density at radius 3 is 2.33 bits per heavy atom. The monoisotopic (exact) mass is 542 g/mol. The summed E-state index contributed by atoms with van der Waals surface area (Å²) < 4.78 is 1.92. The summed E-state index contributed by atoms with van der Waals surface area (Å²) in [6, 6.07) is 24.5. The largest absolute Gasteiger partial charge is 0.343 e. The van der Waals surface area contributed by atoms with Crippen LogP contribution in [0.1, 0.15) is 30.4 Å². The number of halogens is 1. The number of carbonyl (C=O) groups is 2. The average Bonchev–Trinajstić information content (AvgIpc) is 2.97. The lowest BCUT2D eigenvalue weighted by Gasteiger charge is -2.32. The minimum atomic E-state index is -0.328. The lowest BCUT2D eigenvalue weighted by Crippen LogP contribution is -2.49. The first-order valence-corrected chi connectivity index (χ1v) is 13.6. The number of fused-ring (bicyclic) bond motifs is 1. The highest BCUT2D eigenvalue weighted by Gasteiger charge is 2.23. The molecule has 8 heteroatoms. The molecule has 0 atom stereocenters.